The lowest BCUT2D eigenvalue weighted by Crippen LogP contribution is -2.06. The second kappa shape index (κ2) is 5.65. The first kappa shape index (κ1) is 13.6. The predicted molar refractivity (Wildman–Crippen MR) is 82.8 cm³/mol. The Morgan fingerprint density at radius 1 is 1.30 bits per heavy atom. The van der Waals surface area contributed by atoms with Crippen molar-refractivity contribution in [2.24, 2.45) is 0 Å². The molecule has 8 heteroatoms. The maximum absolute atomic E-state index is 12.1. The molecule has 1 N–H and O–H groups in total. The fourth-order valence-electron chi connectivity index (χ4n) is 2.14. The van der Waals surface area contributed by atoms with Crippen molar-refractivity contribution in [2.75, 3.05) is 0 Å². The molecule has 0 saturated carbocycles. The van der Waals surface area contributed by atoms with E-state index in [4.69, 9.17) is 9.26 Å². The van der Waals surface area contributed by atoms with Gasteiger partial charge in [0.2, 0.25) is 5.82 Å². The topological polar surface area (TPSA) is 93.9 Å². The van der Waals surface area contributed by atoms with E-state index in [0.29, 0.717) is 11.2 Å². The first-order valence-electron chi connectivity index (χ1n) is 6.76. The minimum absolute atomic E-state index is 0.100. The van der Waals surface area contributed by atoms with E-state index < -0.39 is 5.97 Å². The first-order valence-corrected chi connectivity index (χ1v) is 7.71. The van der Waals surface area contributed by atoms with Gasteiger partial charge in [-0.3, -0.25) is 5.10 Å². The van der Waals surface area contributed by atoms with Crippen LogP contribution in [0.2, 0.25) is 0 Å². The fraction of sp³-hybridized carbons (Fsp3) is 0.0667. The number of rotatable bonds is 4. The highest BCUT2D eigenvalue weighted by Gasteiger charge is 2.17. The van der Waals surface area contributed by atoms with Crippen molar-refractivity contribution in [3.05, 3.63) is 52.7 Å². The molecular formula is C15H10N4O3S. The molecule has 0 fully saturated rings. The van der Waals surface area contributed by atoms with E-state index in [-0.39, 0.29) is 18.2 Å². The fourth-order valence-corrected chi connectivity index (χ4v) is 2.77. The third kappa shape index (κ3) is 2.59. The molecule has 0 aliphatic heterocycles. The number of nitrogens with one attached hydrogen (secondary N) is 1. The van der Waals surface area contributed by atoms with Gasteiger partial charge in [-0.1, -0.05) is 23.4 Å². The van der Waals surface area contributed by atoms with Crippen LogP contribution in [0.25, 0.3) is 22.3 Å². The molecule has 0 saturated heterocycles. The third-order valence-corrected chi connectivity index (χ3v) is 3.92. The number of esters is 1. The minimum Gasteiger partial charge on any atom is -0.451 e. The molecule has 23 heavy (non-hydrogen) atoms. The molecule has 4 rings (SSSR count). The van der Waals surface area contributed by atoms with E-state index in [1.54, 1.807) is 17.4 Å². The van der Waals surface area contributed by atoms with Crippen LogP contribution in [0.3, 0.4) is 0 Å². The maximum Gasteiger partial charge on any atom is 0.359 e. The highest BCUT2D eigenvalue weighted by Crippen LogP contribution is 2.19. The van der Waals surface area contributed by atoms with E-state index in [9.17, 15) is 4.79 Å². The number of benzene rings is 1. The summed E-state index contributed by atoms with van der Waals surface area (Å²) >= 11 is 1.54. The third-order valence-electron chi connectivity index (χ3n) is 3.24. The summed E-state index contributed by atoms with van der Waals surface area (Å²) in [6, 6.07) is 9.22. The number of fused-ring (bicyclic) bond motifs is 1. The van der Waals surface area contributed by atoms with Gasteiger partial charge >= 0.3 is 5.97 Å². The van der Waals surface area contributed by atoms with Gasteiger partial charge in [0.1, 0.15) is 0 Å². The molecule has 0 unspecified atom stereocenters. The Balaban J connectivity index is 1.48. The summed E-state index contributed by atoms with van der Waals surface area (Å²) in [5.41, 5.74) is 1.88. The smallest absolute Gasteiger partial charge is 0.359 e. The molecular weight excluding hydrogens is 316 g/mol. The molecule has 3 aromatic heterocycles. The summed E-state index contributed by atoms with van der Waals surface area (Å²) in [6.07, 6.45) is 0. The monoisotopic (exact) mass is 326 g/mol. The van der Waals surface area contributed by atoms with E-state index in [1.807, 2.05) is 35.0 Å². The van der Waals surface area contributed by atoms with Crippen molar-refractivity contribution >= 4 is 28.2 Å². The van der Waals surface area contributed by atoms with Crippen LogP contribution in [-0.2, 0) is 11.3 Å². The predicted octanol–water partition coefficient (Wildman–Crippen LogP) is 3.03. The largest absolute Gasteiger partial charge is 0.451 e. The zero-order valence-electron chi connectivity index (χ0n) is 11.7. The van der Waals surface area contributed by atoms with Gasteiger partial charge < -0.3 is 9.26 Å². The molecule has 7 nitrogen and oxygen atoms in total. The Hall–Kier alpha value is -3.00. The van der Waals surface area contributed by atoms with Crippen LogP contribution in [0.15, 0.2) is 45.6 Å². The average molecular weight is 326 g/mol. The van der Waals surface area contributed by atoms with E-state index in [0.717, 1.165) is 11.1 Å². The highest BCUT2D eigenvalue weighted by atomic mass is 32.1. The van der Waals surface area contributed by atoms with Crippen molar-refractivity contribution in [1.29, 1.82) is 0 Å². The molecule has 0 aliphatic rings. The number of H-pyrrole nitrogens is 1. The lowest BCUT2D eigenvalue weighted by Gasteiger charge is -1.98. The normalized spacial score (nSPS) is 11.0. The lowest BCUT2D eigenvalue weighted by atomic mass is 10.2. The Kier molecular flexibility index (Phi) is 3.35. The number of para-hydroxylation sites is 1. The number of nitrogens with zero attached hydrogens (tertiary/aromatic N) is 3. The Morgan fingerprint density at radius 3 is 3.09 bits per heavy atom. The summed E-state index contributed by atoms with van der Waals surface area (Å²) in [5, 5.41) is 15.2. The van der Waals surface area contributed by atoms with Crippen LogP contribution in [0.4, 0.5) is 0 Å². The number of hydrogen-bond donors (Lipinski definition) is 1. The van der Waals surface area contributed by atoms with Crippen LogP contribution in [0.5, 0.6) is 0 Å². The zero-order chi connectivity index (χ0) is 15.6. The summed E-state index contributed by atoms with van der Waals surface area (Å²) in [5.74, 6) is 0.166. The molecule has 4 aromatic rings. The summed E-state index contributed by atoms with van der Waals surface area (Å²) in [6.45, 7) is -0.100. The molecule has 0 amide bonds. The number of aromatic nitrogens is 4. The van der Waals surface area contributed by atoms with Gasteiger partial charge in [0.25, 0.3) is 5.89 Å². The molecule has 0 radical (unpaired) electrons. The van der Waals surface area contributed by atoms with Gasteiger partial charge in [-0.25, -0.2) is 4.79 Å². The van der Waals surface area contributed by atoms with Gasteiger partial charge in [0, 0.05) is 16.3 Å². The van der Waals surface area contributed by atoms with Gasteiger partial charge in [-0.2, -0.15) is 21.4 Å². The van der Waals surface area contributed by atoms with Crippen molar-refractivity contribution in [1.82, 2.24) is 20.3 Å². The molecule has 0 spiro atoms. The molecule has 1 aromatic carbocycles. The van der Waals surface area contributed by atoms with Gasteiger partial charge in [-0.05, 0) is 17.5 Å². The summed E-state index contributed by atoms with van der Waals surface area (Å²) in [4.78, 5) is 16.3. The van der Waals surface area contributed by atoms with Crippen molar-refractivity contribution in [2.45, 2.75) is 6.61 Å². The molecule has 0 atom stereocenters. The quantitative estimate of drug-likeness (QED) is 0.579. The summed E-state index contributed by atoms with van der Waals surface area (Å²) < 4.78 is 10.3. The second-order valence-corrected chi connectivity index (χ2v) is 5.50. The van der Waals surface area contributed by atoms with Crippen molar-refractivity contribution in [3.63, 3.8) is 0 Å². The molecule has 3 heterocycles. The van der Waals surface area contributed by atoms with Crippen LogP contribution >= 0.6 is 11.3 Å². The number of carbonyl (C=O) groups excluding carboxylic acids is 1. The molecule has 0 bridgehead atoms. The lowest BCUT2D eigenvalue weighted by molar-refractivity contribution is 0.0425. The van der Waals surface area contributed by atoms with Crippen LogP contribution in [0, 0.1) is 0 Å². The average Bonchev–Trinajstić information content (AvgIpc) is 3.31. The van der Waals surface area contributed by atoms with Crippen molar-refractivity contribution < 1.29 is 14.1 Å². The van der Waals surface area contributed by atoms with Gasteiger partial charge in [0.05, 0.1) is 5.52 Å². The molecule has 114 valence electrons. The Morgan fingerprint density at radius 2 is 2.22 bits per heavy atom. The number of hydrogen-bond acceptors (Lipinski definition) is 7. The number of thiophene rings is 1. The number of aromatic amines is 1. The SMILES string of the molecule is O=C(OCc1nc(-c2ccsc2)no1)c1n[nH]c2ccccc12. The van der Waals surface area contributed by atoms with E-state index in [2.05, 4.69) is 20.3 Å². The van der Waals surface area contributed by atoms with Gasteiger partial charge in [-0.15, -0.1) is 0 Å². The molecule has 0 aliphatic carbocycles. The first-order chi connectivity index (χ1) is 11.3. The Bertz CT molecular complexity index is 958. The van der Waals surface area contributed by atoms with E-state index in [1.165, 1.54) is 0 Å². The van der Waals surface area contributed by atoms with Gasteiger partial charge in [0.15, 0.2) is 12.3 Å². The number of ether oxygens (including phenoxy) is 1. The standard InChI is InChI=1S/C15H10N4O3S/c20-15(13-10-3-1-2-4-11(10)17-18-13)21-7-12-16-14(19-22-12)9-5-6-23-8-9/h1-6,8H,7H2,(H,17,18). The van der Waals surface area contributed by atoms with Crippen LogP contribution < -0.4 is 0 Å². The van der Waals surface area contributed by atoms with Crippen LogP contribution in [0.1, 0.15) is 16.4 Å². The van der Waals surface area contributed by atoms with Crippen molar-refractivity contribution in [3.8, 4) is 11.4 Å². The van der Waals surface area contributed by atoms with Crippen LogP contribution in [-0.4, -0.2) is 26.3 Å². The minimum atomic E-state index is -0.544. The number of carbonyl (C=O) groups is 1. The Labute approximate surface area is 133 Å². The maximum atomic E-state index is 12.1. The highest BCUT2D eigenvalue weighted by molar-refractivity contribution is 7.08. The van der Waals surface area contributed by atoms with E-state index >= 15 is 0 Å². The summed E-state index contributed by atoms with van der Waals surface area (Å²) in [7, 11) is 0. The zero-order valence-corrected chi connectivity index (χ0v) is 12.5. The second-order valence-electron chi connectivity index (χ2n) is 4.72.